The molecule has 0 unspecified atom stereocenters. The van der Waals surface area contributed by atoms with E-state index in [1.54, 1.807) is 6.20 Å². The highest BCUT2D eigenvalue weighted by Crippen LogP contribution is 2.00. The third-order valence-corrected chi connectivity index (χ3v) is 0.668. The Morgan fingerprint density at radius 2 is 2.56 bits per heavy atom. The first-order valence-corrected chi connectivity index (χ1v) is 2.20. The third-order valence-electron chi connectivity index (χ3n) is 0.668. The lowest BCUT2D eigenvalue weighted by atomic mass is 11.0. The lowest BCUT2D eigenvalue weighted by Gasteiger charge is -1.74. The lowest BCUT2D eigenvalue weighted by Crippen LogP contribution is -1.60. The van der Waals surface area contributed by atoms with E-state index in [0.717, 1.165) is 0 Å². The third kappa shape index (κ3) is 1.41. The monoisotopic (exact) mass is 124 g/mol. The molecule has 0 radical (unpaired) electrons. The van der Waals surface area contributed by atoms with Crippen molar-refractivity contribution < 1.29 is 0 Å². The van der Waals surface area contributed by atoms with Crippen LogP contribution in [0.3, 0.4) is 0 Å². The van der Waals surface area contributed by atoms with Crippen LogP contribution >= 0.6 is 0 Å². The van der Waals surface area contributed by atoms with Crippen LogP contribution in [0.15, 0.2) is 28.0 Å². The largest absolute Gasteiger partial charge is 0.328 e. The summed E-state index contributed by atoms with van der Waals surface area (Å²) in [6.45, 7) is 0. The standard InChI is InChI=1S/C3H4N6/c4-8-9-7-3-5-1-2-6-3/h1-2,4H,(H,5,6)/b8-4?,9-7-. The van der Waals surface area contributed by atoms with Crippen molar-refractivity contribution in [1.29, 1.82) is 5.53 Å². The number of nitrogens with zero attached hydrogens (tertiary/aromatic N) is 4. The minimum Gasteiger partial charge on any atom is -0.328 e. The van der Waals surface area contributed by atoms with Gasteiger partial charge in [-0.15, -0.1) is 0 Å². The summed E-state index contributed by atoms with van der Waals surface area (Å²) in [5.41, 5.74) is 6.23. The molecular weight excluding hydrogens is 120 g/mol. The quantitative estimate of drug-likeness (QED) is 0.453. The molecule has 9 heavy (non-hydrogen) atoms. The summed E-state index contributed by atoms with van der Waals surface area (Å²) in [5.74, 6) is 0.353. The van der Waals surface area contributed by atoms with E-state index in [1.165, 1.54) is 6.20 Å². The highest BCUT2D eigenvalue weighted by molar-refractivity contribution is 5.09. The molecule has 2 N–H and O–H groups in total. The van der Waals surface area contributed by atoms with E-state index < -0.39 is 0 Å². The summed E-state index contributed by atoms with van der Waals surface area (Å²) in [5, 5.41) is 9.08. The number of rotatable bonds is 2. The SMILES string of the molecule is N=N/N=N\c1ncc[nH]1. The van der Waals surface area contributed by atoms with Gasteiger partial charge in [0.15, 0.2) is 0 Å². The summed E-state index contributed by atoms with van der Waals surface area (Å²) in [4.78, 5) is 6.35. The Hall–Kier alpha value is -1.59. The maximum Gasteiger partial charge on any atom is 0.248 e. The second-order valence-corrected chi connectivity index (χ2v) is 1.20. The molecule has 0 atom stereocenters. The van der Waals surface area contributed by atoms with Gasteiger partial charge in [0.05, 0.1) is 0 Å². The Bertz CT molecular complexity index is 198. The first-order valence-electron chi connectivity index (χ1n) is 2.20. The fourth-order valence-corrected chi connectivity index (χ4v) is 0.376. The zero-order valence-electron chi connectivity index (χ0n) is 4.44. The molecule has 1 heterocycles. The molecule has 0 bridgehead atoms. The number of aromatic amines is 1. The van der Waals surface area contributed by atoms with Crippen molar-refractivity contribution in [3.05, 3.63) is 12.4 Å². The minimum atomic E-state index is 0.353. The molecule has 0 saturated carbocycles. The number of nitrogens with one attached hydrogen (secondary N) is 2. The molecule has 0 fully saturated rings. The molecule has 0 saturated heterocycles. The molecule has 6 nitrogen and oxygen atoms in total. The average Bonchev–Trinajstić information content (AvgIpc) is 2.34. The summed E-state index contributed by atoms with van der Waals surface area (Å²) in [6, 6.07) is 0. The molecule has 6 heteroatoms. The first kappa shape index (κ1) is 5.54. The molecule has 0 spiro atoms. The van der Waals surface area contributed by atoms with Crippen molar-refractivity contribution in [3.8, 4) is 0 Å². The molecule has 1 rings (SSSR count). The van der Waals surface area contributed by atoms with Gasteiger partial charge in [-0.25, -0.2) is 4.98 Å². The van der Waals surface area contributed by atoms with Crippen LogP contribution in [0.4, 0.5) is 5.95 Å². The van der Waals surface area contributed by atoms with Gasteiger partial charge in [-0.3, -0.25) is 0 Å². The Morgan fingerprint density at radius 1 is 1.67 bits per heavy atom. The lowest BCUT2D eigenvalue weighted by molar-refractivity contribution is 0.894. The number of H-pyrrole nitrogens is 1. The first-order chi connectivity index (χ1) is 4.43. The van der Waals surface area contributed by atoms with E-state index in [4.69, 9.17) is 5.53 Å². The van der Waals surface area contributed by atoms with Crippen molar-refractivity contribution in [2.24, 2.45) is 15.6 Å². The highest BCUT2D eigenvalue weighted by atomic mass is 15.4. The zero-order valence-corrected chi connectivity index (χ0v) is 4.44. The topological polar surface area (TPSA) is 89.6 Å². The maximum absolute atomic E-state index is 6.23. The summed E-state index contributed by atoms with van der Waals surface area (Å²) < 4.78 is 0. The normalized spacial score (nSPS) is 10.2. The van der Waals surface area contributed by atoms with E-state index in [9.17, 15) is 0 Å². The van der Waals surface area contributed by atoms with Gasteiger partial charge in [-0.2, -0.15) is 5.53 Å². The smallest absolute Gasteiger partial charge is 0.248 e. The van der Waals surface area contributed by atoms with E-state index in [-0.39, 0.29) is 0 Å². The van der Waals surface area contributed by atoms with Crippen LogP contribution in [0, 0.1) is 5.53 Å². The Balaban J connectivity index is 2.67. The van der Waals surface area contributed by atoms with E-state index in [0.29, 0.717) is 5.95 Å². The molecule has 1 aromatic rings. The predicted molar refractivity (Wildman–Crippen MR) is 28.3 cm³/mol. The molecule has 0 aliphatic rings. The second kappa shape index (κ2) is 2.65. The van der Waals surface area contributed by atoms with Crippen LogP contribution in [0.1, 0.15) is 0 Å². The van der Waals surface area contributed by atoms with Gasteiger partial charge in [-0.1, -0.05) is 5.11 Å². The summed E-state index contributed by atoms with van der Waals surface area (Å²) >= 11 is 0. The molecule has 0 aliphatic carbocycles. The molecule has 1 aromatic heterocycles. The fourth-order valence-electron chi connectivity index (χ4n) is 0.376. The molecule has 0 aromatic carbocycles. The second-order valence-electron chi connectivity index (χ2n) is 1.20. The van der Waals surface area contributed by atoms with E-state index in [2.05, 4.69) is 25.5 Å². The van der Waals surface area contributed by atoms with E-state index in [1.807, 2.05) is 0 Å². The summed E-state index contributed by atoms with van der Waals surface area (Å²) in [7, 11) is 0. The fraction of sp³-hybridized carbons (Fsp3) is 0. The number of aromatic nitrogens is 2. The van der Waals surface area contributed by atoms with Gasteiger partial charge < -0.3 is 4.98 Å². The van der Waals surface area contributed by atoms with Crippen LogP contribution in [0.2, 0.25) is 0 Å². The van der Waals surface area contributed by atoms with Gasteiger partial charge >= 0.3 is 0 Å². The van der Waals surface area contributed by atoms with Crippen LogP contribution in [-0.4, -0.2) is 9.97 Å². The van der Waals surface area contributed by atoms with Gasteiger partial charge in [0, 0.05) is 12.4 Å². The minimum absolute atomic E-state index is 0.353. The molecule has 0 amide bonds. The highest BCUT2D eigenvalue weighted by Gasteiger charge is 1.84. The number of imidazole rings is 1. The van der Waals surface area contributed by atoms with Crippen molar-refractivity contribution in [2.45, 2.75) is 0 Å². The van der Waals surface area contributed by atoms with Gasteiger partial charge in [0.1, 0.15) is 0 Å². The van der Waals surface area contributed by atoms with Gasteiger partial charge in [0.2, 0.25) is 5.95 Å². The van der Waals surface area contributed by atoms with E-state index >= 15 is 0 Å². The predicted octanol–water partition coefficient (Wildman–Crippen LogP) is 1.44. The van der Waals surface area contributed by atoms with Gasteiger partial charge in [-0.05, 0) is 10.4 Å². The van der Waals surface area contributed by atoms with Crippen molar-refractivity contribution in [1.82, 2.24) is 9.97 Å². The van der Waals surface area contributed by atoms with Gasteiger partial charge in [0.25, 0.3) is 0 Å². The van der Waals surface area contributed by atoms with Crippen LogP contribution in [0.5, 0.6) is 0 Å². The van der Waals surface area contributed by atoms with Crippen LogP contribution < -0.4 is 0 Å². The summed E-state index contributed by atoms with van der Waals surface area (Å²) in [6.07, 6.45) is 3.15. The molecule has 0 aliphatic heterocycles. The average molecular weight is 124 g/mol. The maximum atomic E-state index is 6.23. The van der Waals surface area contributed by atoms with Crippen LogP contribution in [-0.2, 0) is 0 Å². The van der Waals surface area contributed by atoms with Crippen molar-refractivity contribution in [2.75, 3.05) is 0 Å². The van der Waals surface area contributed by atoms with Crippen molar-refractivity contribution >= 4 is 5.95 Å². The Labute approximate surface area is 50.5 Å². The van der Waals surface area contributed by atoms with Crippen LogP contribution in [0.25, 0.3) is 0 Å². The Kier molecular flexibility index (Phi) is 1.63. The Morgan fingerprint density at radius 3 is 3.11 bits per heavy atom. The van der Waals surface area contributed by atoms with Crippen molar-refractivity contribution in [3.63, 3.8) is 0 Å². The number of hydrogen-bond donors (Lipinski definition) is 2. The molecule has 46 valence electrons. The zero-order chi connectivity index (χ0) is 6.53. The molecular formula is C3H4N6. The number of hydrogen-bond acceptors (Lipinski definition) is 3.